The fraction of sp³-hybridized carbons (Fsp3) is 0.444. The second-order valence-corrected chi connectivity index (χ2v) is 9.94. The largest absolute Gasteiger partial charge is 0.461 e. The summed E-state index contributed by atoms with van der Waals surface area (Å²) in [6, 6.07) is 15.4. The minimum atomic E-state index is -0.881. The van der Waals surface area contributed by atoms with Gasteiger partial charge < -0.3 is 4.74 Å². The molecule has 6 rings (SSSR count). The number of carbonyl (C=O) groups is 3. The second-order valence-electron chi connectivity index (χ2n) is 9.94. The van der Waals surface area contributed by atoms with E-state index in [0.29, 0.717) is 6.42 Å². The molecule has 32 heavy (non-hydrogen) atoms. The molecule has 5 heteroatoms. The Hall–Kier alpha value is -2.95. The van der Waals surface area contributed by atoms with Gasteiger partial charge in [-0.25, -0.2) is 4.79 Å². The van der Waals surface area contributed by atoms with Crippen LogP contribution in [0.15, 0.2) is 48.5 Å². The number of ether oxygens (including phenoxy) is 1. The summed E-state index contributed by atoms with van der Waals surface area (Å²) < 4.78 is 5.48. The molecule has 1 heterocycles. The number of rotatable bonds is 5. The molecule has 2 bridgehead atoms. The van der Waals surface area contributed by atoms with Gasteiger partial charge in [0.15, 0.2) is 0 Å². The summed E-state index contributed by atoms with van der Waals surface area (Å²) in [5.41, 5.74) is 4.52. The summed E-state index contributed by atoms with van der Waals surface area (Å²) in [7, 11) is 0. The molecule has 2 amide bonds. The average molecular weight is 432 g/mol. The zero-order chi connectivity index (χ0) is 22.7. The summed E-state index contributed by atoms with van der Waals surface area (Å²) >= 11 is 0. The molecule has 166 valence electrons. The van der Waals surface area contributed by atoms with E-state index in [1.807, 2.05) is 38.1 Å². The van der Waals surface area contributed by atoms with Crippen molar-refractivity contribution in [3.8, 4) is 0 Å². The maximum Gasteiger partial charge on any atom is 0.329 e. The molecular formula is C27H29NO4. The van der Waals surface area contributed by atoms with Crippen molar-refractivity contribution in [1.82, 2.24) is 4.90 Å². The van der Waals surface area contributed by atoms with Gasteiger partial charge in [-0.05, 0) is 48.4 Å². The normalized spacial score (nSPS) is 26.2. The Labute approximate surface area is 188 Å². The Morgan fingerprint density at radius 1 is 0.812 bits per heavy atom. The molecule has 0 N–H and O–H groups in total. The van der Waals surface area contributed by atoms with E-state index in [2.05, 4.69) is 24.3 Å². The molecule has 1 fully saturated rings. The molecule has 5 nitrogen and oxygen atoms in total. The molecule has 2 aromatic carbocycles. The molecule has 0 unspecified atom stereocenters. The van der Waals surface area contributed by atoms with Gasteiger partial charge >= 0.3 is 5.97 Å². The fourth-order valence-corrected chi connectivity index (χ4v) is 6.07. The molecule has 1 saturated heterocycles. The number of amides is 2. The molecule has 4 aliphatic rings. The van der Waals surface area contributed by atoms with Crippen molar-refractivity contribution >= 4 is 17.8 Å². The van der Waals surface area contributed by atoms with E-state index in [-0.39, 0.29) is 35.7 Å². The summed E-state index contributed by atoms with van der Waals surface area (Å²) in [6.07, 6.45) is 0.0921. The molecular weight excluding hydrogens is 402 g/mol. The van der Waals surface area contributed by atoms with Crippen LogP contribution in [0, 0.1) is 17.8 Å². The third-order valence-corrected chi connectivity index (χ3v) is 7.11. The van der Waals surface area contributed by atoms with Crippen LogP contribution in [0.4, 0.5) is 0 Å². The van der Waals surface area contributed by atoms with Crippen molar-refractivity contribution in [2.45, 2.75) is 58.1 Å². The maximum atomic E-state index is 13.9. The summed E-state index contributed by atoms with van der Waals surface area (Å²) in [4.78, 5) is 42.0. The van der Waals surface area contributed by atoms with E-state index in [1.54, 1.807) is 13.8 Å². The van der Waals surface area contributed by atoms with E-state index in [4.69, 9.17) is 4.74 Å². The van der Waals surface area contributed by atoms with Gasteiger partial charge in [0.25, 0.3) is 0 Å². The Morgan fingerprint density at radius 2 is 1.22 bits per heavy atom. The van der Waals surface area contributed by atoms with Crippen LogP contribution in [-0.4, -0.2) is 34.8 Å². The lowest BCUT2D eigenvalue weighted by atomic mass is 9.55. The van der Waals surface area contributed by atoms with Crippen molar-refractivity contribution in [2.24, 2.45) is 17.8 Å². The van der Waals surface area contributed by atoms with Gasteiger partial charge in [0.1, 0.15) is 6.04 Å². The Morgan fingerprint density at radius 3 is 1.56 bits per heavy atom. The predicted octanol–water partition coefficient (Wildman–Crippen LogP) is 4.24. The van der Waals surface area contributed by atoms with Gasteiger partial charge in [0, 0.05) is 11.8 Å². The van der Waals surface area contributed by atoms with E-state index in [0.717, 1.165) is 22.3 Å². The van der Waals surface area contributed by atoms with Gasteiger partial charge in [-0.15, -0.1) is 0 Å². The summed E-state index contributed by atoms with van der Waals surface area (Å²) in [5.74, 6) is -2.10. The SMILES string of the molecule is CC(C)C[C@@H](C(=O)OC(C)C)N1C(=O)[C@H]2C3c4ccccc4C(c4ccccc43)[C@@H]2C1=O. The molecule has 2 aromatic rings. The van der Waals surface area contributed by atoms with E-state index in [9.17, 15) is 14.4 Å². The predicted molar refractivity (Wildman–Crippen MR) is 120 cm³/mol. The lowest BCUT2D eigenvalue weighted by molar-refractivity contribution is -0.162. The van der Waals surface area contributed by atoms with Crippen LogP contribution in [0.1, 0.15) is 68.2 Å². The van der Waals surface area contributed by atoms with E-state index < -0.39 is 23.8 Å². The topological polar surface area (TPSA) is 63.7 Å². The minimum absolute atomic E-state index is 0.133. The lowest BCUT2D eigenvalue weighted by Crippen LogP contribution is -2.47. The molecule has 0 radical (unpaired) electrons. The van der Waals surface area contributed by atoms with Gasteiger partial charge in [-0.1, -0.05) is 62.4 Å². The Bertz CT molecular complexity index is 989. The first-order chi connectivity index (χ1) is 15.3. The quantitative estimate of drug-likeness (QED) is 0.525. The summed E-state index contributed by atoms with van der Waals surface area (Å²) in [5, 5.41) is 0. The standard InChI is InChI=1S/C27H29NO4/c1-14(2)13-20(27(31)32-15(3)4)28-25(29)23-21-16-9-5-6-10-17(16)22(24(23)26(28)30)19-12-8-7-11-18(19)21/h5-12,14-15,20-24H,13H2,1-4H3/t20-,21?,22?,23-,24-/m0/s1. The van der Waals surface area contributed by atoms with Crippen molar-refractivity contribution in [1.29, 1.82) is 0 Å². The smallest absolute Gasteiger partial charge is 0.329 e. The first-order valence-corrected chi connectivity index (χ1v) is 11.6. The van der Waals surface area contributed by atoms with Crippen LogP contribution in [0.5, 0.6) is 0 Å². The number of esters is 1. The molecule has 0 saturated carbocycles. The molecule has 0 spiro atoms. The zero-order valence-electron chi connectivity index (χ0n) is 18.9. The highest BCUT2D eigenvalue weighted by Gasteiger charge is 2.63. The van der Waals surface area contributed by atoms with Crippen LogP contribution in [0.2, 0.25) is 0 Å². The first kappa shape index (κ1) is 20.9. The van der Waals surface area contributed by atoms with Crippen LogP contribution in [0.3, 0.4) is 0 Å². The van der Waals surface area contributed by atoms with E-state index >= 15 is 0 Å². The van der Waals surface area contributed by atoms with Gasteiger partial charge in [0.05, 0.1) is 17.9 Å². The second kappa shape index (κ2) is 7.58. The molecule has 3 aliphatic carbocycles. The first-order valence-electron chi connectivity index (χ1n) is 11.6. The van der Waals surface area contributed by atoms with Crippen molar-refractivity contribution in [3.63, 3.8) is 0 Å². The average Bonchev–Trinajstić information content (AvgIpc) is 3.02. The van der Waals surface area contributed by atoms with E-state index in [1.165, 1.54) is 4.90 Å². The number of carbonyl (C=O) groups excluding carboxylic acids is 3. The third kappa shape index (κ3) is 2.94. The Balaban J connectivity index is 1.62. The van der Waals surface area contributed by atoms with Gasteiger partial charge in [-0.3, -0.25) is 14.5 Å². The third-order valence-electron chi connectivity index (χ3n) is 7.11. The number of nitrogens with zero attached hydrogens (tertiary/aromatic N) is 1. The molecule has 3 atom stereocenters. The highest BCUT2D eigenvalue weighted by Crippen LogP contribution is 2.61. The lowest BCUT2D eigenvalue weighted by Gasteiger charge is -2.45. The van der Waals surface area contributed by atoms with Crippen molar-refractivity contribution in [2.75, 3.05) is 0 Å². The monoisotopic (exact) mass is 431 g/mol. The van der Waals surface area contributed by atoms with Crippen LogP contribution in [-0.2, 0) is 19.1 Å². The van der Waals surface area contributed by atoms with Crippen LogP contribution >= 0.6 is 0 Å². The van der Waals surface area contributed by atoms with Crippen molar-refractivity contribution < 1.29 is 19.1 Å². The van der Waals surface area contributed by atoms with Crippen LogP contribution in [0.25, 0.3) is 0 Å². The minimum Gasteiger partial charge on any atom is -0.461 e. The number of hydrogen-bond donors (Lipinski definition) is 0. The molecule has 0 aromatic heterocycles. The number of benzene rings is 2. The van der Waals surface area contributed by atoms with Gasteiger partial charge in [0.2, 0.25) is 11.8 Å². The summed E-state index contributed by atoms with van der Waals surface area (Å²) in [6.45, 7) is 7.54. The number of hydrogen-bond acceptors (Lipinski definition) is 4. The maximum absolute atomic E-state index is 13.9. The number of imide groups is 1. The molecule has 1 aliphatic heterocycles. The van der Waals surface area contributed by atoms with Crippen LogP contribution < -0.4 is 0 Å². The highest BCUT2D eigenvalue weighted by atomic mass is 16.5. The van der Waals surface area contributed by atoms with Gasteiger partial charge in [-0.2, -0.15) is 0 Å². The fourth-order valence-electron chi connectivity index (χ4n) is 6.07. The number of likely N-dealkylation sites (tertiary alicyclic amines) is 1. The highest BCUT2D eigenvalue weighted by molar-refractivity contribution is 6.10. The Kier molecular flexibility index (Phi) is 4.95. The van der Waals surface area contributed by atoms with Crippen molar-refractivity contribution in [3.05, 3.63) is 70.8 Å². The zero-order valence-corrected chi connectivity index (χ0v) is 18.9.